The molecule has 18 heavy (non-hydrogen) atoms. The molecule has 0 bridgehead atoms. The normalized spacial score (nSPS) is 11.4. The van der Waals surface area contributed by atoms with E-state index >= 15 is 0 Å². The van der Waals surface area contributed by atoms with E-state index < -0.39 is 12.0 Å². The summed E-state index contributed by atoms with van der Waals surface area (Å²) in [5, 5.41) is 11.2. The van der Waals surface area contributed by atoms with Gasteiger partial charge in [-0.25, -0.2) is 4.98 Å². The van der Waals surface area contributed by atoms with E-state index in [1.165, 1.54) is 6.07 Å². The van der Waals surface area contributed by atoms with Gasteiger partial charge in [-0.2, -0.15) is 18.2 Å². The number of nitrogens with one attached hydrogen (secondary N) is 1. The molecule has 8 heteroatoms. The van der Waals surface area contributed by atoms with E-state index in [0.29, 0.717) is 13.0 Å². The maximum atomic E-state index is 12.5. The quantitative estimate of drug-likeness (QED) is 0.766. The number of aromatic nitrogens is 2. The third-order valence-corrected chi connectivity index (χ3v) is 1.87. The minimum absolute atomic E-state index is 0.0545. The first-order valence-electron chi connectivity index (χ1n) is 5.41. The Kier molecular flexibility index (Phi) is 5.14. The first-order chi connectivity index (χ1) is 8.47. The van der Waals surface area contributed by atoms with Gasteiger partial charge in [0.15, 0.2) is 0 Å². The zero-order chi connectivity index (χ0) is 13.6. The molecule has 2 N–H and O–H groups in total. The van der Waals surface area contributed by atoms with Gasteiger partial charge in [0.2, 0.25) is 11.7 Å². The molecule has 1 aromatic rings. The molecule has 0 saturated heterocycles. The van der Waals surface area contributed by atoms with Crippen LogP contribution < -0.4 is 10.1 Å². The Morgan fingerprint density at radius 2 is 2.11 bits per heavy atom. The van der Waals surface area contributed by atoms with Gasteiger partial charge in [0.05, 0.1) is 6.61 Å². The summed E-state index contributed by atoms with van der Waals surface area (Å²) in [7, 11) is 0. The molecule has 0 amide bonds. The SMILES string of the molecule is CCNc1cc(OCCCO)nc(C(F)(F)F)n1. The largest absolute Gasteiger partial charge is 0.477 e. The van der Waals surface area contributed by atoms with Gasteiger partial charge >= 0.3 is 6.18 Å². The van der Waals surface area contributed by atoms with Crippen molar-refractivity contribution in [3.63, 3.8) is 0 Å². The highest BCUT2D eigenvalue weighted by Crippen LogP contribution is 2.28. The van der Waals surface area contributed by atoms with Gasteiger partial charge in [0.1, 0.15) is 5.82 Å². The number of ether oxygens (including phenoxy) is 1. The zero-order valence-corrected chi connectivity index (χ0v) is 9.79. The molecule has 0 saturated carbocycles. The van der Waals surface area contributed by atoms with Crippen LogP contribution in [0.1, 0.15) is 19.2 Å². The highest BCUT2D eigenvalue weighted by atomic mass is 19.4. The lowest BCUT2D eigenvalue weighted by Gasteiger charge is -2.11. The first kappa shape index (κ1) is 14.5. The number of hydrogen-bond acceptors (Lipinski definition) is 5. The molecule has 1 rings (SSSR count). The van der Waals surface area contributed by atoms with Crippen molar-refractivity contribution in [1.29, 1.82) is 0 Å². The van der Waals surface area contributed by atoms with Crippen LogP contribution in [0.15, 0.2) is 6.07 Å². The number of aliphatic hydroxyl groups excluding tert-OH is 1. The summed E-state index contributed by atoms with van der Waals surface area (Å²) in [6.45, 7) is 2.17. The molecule has 0 aliphatic carbocycles. The maximum Gasteiger partial charge on any atom is 0.451 e. The average molecular weight is 265 g/mol. The fourth-order valence-electron chi connectivity index (χ4n) is 1.14. The van der Waals surface area contributed by atoms with Crippen LogP contribution >= 0.6 is 0 Å². The minimum Gasteiger partial charge on any atom is -0.477 e. The Labute approximate surface area is 102 Å². The summed E-state index contributed by atoms with van der Waals surface area (Å²) in [6, 6.07) is 1.29. The van der Waals surface area contributed by atoms with Crippen molar-refractivity contribution in [2.45, 2.75) is 19.5 Å². The van der Waals surface area contributed by atoms with Gasteiger partial charge < -0.3 is 15.2 Å². The predicted octanol–water partition coefficient (Wildman–Crippen LogP) is 1.69. The third kappa shape index (κ3) is 4.36. The van der Waals surface area contributed by atoms with Crippen molar-refractivity contribution >= 4 is 5.82 Å². The smallest absolute Gasteiger partial charge is 0.451 e. The second-order valence-electron chi connectivity index (χ2n) is 3.37. The molecule has 1 aromatic heterocycles. The summed E-state index contributed by atoms with van der Waals surface area (Å²) in [5.41, 5.74) is 0. The lowest BCUT2D eigenvalue weighted by atomic mass is 10.4. The highest BCUT2D eigenvalue weighted by Gasteiger charge is 2.35. The monoisotopic (exact) mass is 265 g/mol. The van der Waals surface area contributed by atoms with Crippen LogP contribution in [0.25, 0.3) is 0 Å². The van der Waals surface area contributed by atoms with E-state index in [4.69, 9.17) is 9.84 Å². The van der Waals surface area contributed by atoms with E-state index in [2.05, 4.69) is 15.3 Å². The van der Waals surface area contributed by atoms with Gasteiger partial charge in [-0.3, -0.25) is 0 Å². The van der Waals surface area contributed by atoms with Crippen LogP contribution in [-0.4, -0.2) is 34.8 Å². The van der Waals surface area contributed by atoms with Crippen LogP contribution in [0.2, 0.25) is 0 Å². The van der Waals surface area contributed by atoms with Gasteiger partial charge in [-0.1, -0.05) is 0 Å². The molecule has 102 valence electrons. The third-order valence-electron chi connectivity index (χ3n) is 1.87. The van der Waals surface area contributed by atoms with E-state index in [1.54, 1.807) is 6.92 Å². The molecule has 1 heterocycles. The highest BCUT2D eigenvalue weighted by molar-refractivity contribution is 5.38. The number of halogens is 3. The maximum absolute atomic E-state index is 12.5. The number of nitrogens with zero attached hydrogens (tertiary/aromatic N) is 2. The van der Waals surface area contributed by atoms with Crippen molar-refractivity contribution in [3.05, 3.63) is 11.9 Å². The van der Waals surface area contributed by atoms with Crippen LogP contribution in [0.3, 0.4) is 0 Å². The van der Waals surface area contributed by atoms with Crippen molar-refractivity contribution < 1.29 is 23.0 Å². The number of alkyl halides is 3. The van der Waals surface area contributed by atoms with E-state index in [9.17, 15) is 13.2 Å². The first-order valence-corrected chi connectivity index (χ1v) is 5.41. The number of hydrogen-bond donors (Lipinski definition) is 2. The molecule has 0 radical (unpaired) electrons. The van der Waals surface area contributed by atoms with Crippen LogP contribution in [0.4, 0.5) is 19.0 Å². The van der Waals surface area contributed by atoms with E-state index in [0.717, 1.165) is 0 Å². The van der Waals surface area contributed by atoms with Crippen LogP contribution in [0, 0.1) is 0 Å². The molecule has 0 unspecified atom stereocenters. The molecule has 0 spiro atoms. The Hall–Kier alpha value is -1.57. The summed E-state index contributed by atoms with van der Waals surface area (Å²) >= 11 is 0. The predicted molar refractivity (Wildman–Crippen MR) is 58.4 cm³/mol. The number of anilines is 1. The van der Waals surface area contributed by atoms with Crippen molar-refractivity contribution in [1.82, 2.24) is 9.97 Å². The van der Waals surface area contributed by atoms with Gasteiger partial charge in [0.25, 0.3) is 0 Å². The molecule has 0 atom stereocenters. The molecular weight excluding hydrogens is 251 g/mol. The van der Waals surface area contributed by atoms with Crippen LogP contribution in [0.5, 0.6) is 5.88 Å². The Morgan fingerprint density at radius 1 is 1.39 bits per heavy atom. The Balaban J connectivity index is 2.91. The number of aliphatic hydroxyl groups is 1. The molecule has 0 aliphatic rings. The van der Waals surface area contributed by atoms with Gasteiger partial charge in [-0.05, 0) is 6.92 Å². The molecule has 0 aromatic carbocycles. The Bertz CT molecular complexity index is 385. The number of rotatable bonds is 6. The lowest BCUT2D eigenvalue weighted by Crippen LogP contribution is -2.14. The standard InChI is InChI=1S/C10H14F3N3O2/c1-2-14-7-6-8(18-5-3-4-17)16-9(15-7)10(11,12)13/h6,17H,2-5H2,1H3,(H,14,15,16). The lowest BCUT2D eigenvalue weighted by molar-refractivity contribution is -0.145. The van der Waals surface area contributed by atoms with Crippen LogP contribution in [-0.2, 0) is 6.18 Å². The summed E-state index contributed by atoms with van der Waals surface area (Å²) in [4.78, 5) is 6.62. The van der Waals surface area contributed by atoms with Gasteiger partial charge in [-0.15, -0.1) is 0 Å². The van der Waals surface area contributed by atoms with Crippen molar-refractivity contribution in [2.75, 3.05) is 25.1 Å². The van der Waals surface area contributed by atoms with E-state index in [-0.39, 0.29) is 24.9 Å². The summed E-state index contributed by atoms with van der Waals surface area (Å²) < 4.78 is 42.6. The van der Waals surface area contributed by atoms with Crippen molar-refractivity contribution in [2.24, 2.45) is 0 Å². The second kappa shape index (κ2) is 6.39. The molecular formula is C10H14F3N3O2. The second-order valence-corrected chi connectivity index (χ2v) is 3.37. The topological polar surface area (TPSA) is 67.3 Å². The summed E-state index contributed by atoms with van der Waals surface area (Å²) in [6.07, 6.45) is -4.30. The fourth-order valence-corrected chi connectivity index (χ4v) is 1.14. The zero-order valence-electron chi connectivity index (χ0n) is 9.79. The van der Waals surface area contributed by atoms with E-state index in [1.807, 2.05) is 0 Å². The molecule has 0 fully saturated rings. The Morgan fingerprint density at radius 3 is 2.67 bits per heavy atom. The average Bonchev–Trinajstić information content (AvgIpc) is 2.28. The molecule has 0 aliphatic heterocycles. The fraction of sp³-hybridized carbons (Fsp3) is 0.600. The summed E-state index contributed by atoms with van der Waals surface area (Å²) in [5.74, 6) is -1.36. The molecule has 5 nitrogen and oxygen atoms in total. The van der Waals surface area contributed by atoms with Gasteiger partial charge in [0, 0.05) is 25.6 Å². The minimum atomic E-state index is -4.62. The van der Waals surface area contributed by atoms with Crippen molar-refractivity contribution in [3.8, 4) is 5.88 Å².